The fraction of sp³-hybridized carbons (Fsp3) is 0.385. The van der Waals surface area contributed by atoms with Crippen LogP contribution in [0.3, 0.4) is 0 Å². The fourth-order valence-corrected chi connectivity index (χ4v) is 3.09. The van der Waals surface area contributed by atoms with E-state index in [-0.39, 0.29) is 0 Å². The summed E-state index contributed by atoms with van der Waals surface area (Å²) in [7, 11) is 1.60. The minimum atomic E-state index is -0.974. The number of rotatable bonds is 4. The summed E-state index contributed by atoms with van der Waals surface area (Å²) < 4.78 is 5.03. The van der Waals surface area contributed by atoms with E-state index < -0.39 is 18.0 Å². The van der Waals surface area contributed by atoms with Gasteiger partial charge >= 0.3 is 12.0 Å². The summed E-state index contributed by atoms with van der Waals surface area (Å²) in [6, 6.07) is 6.12. The standard InChI is InChI=1S/C13H16N2O4S/c1-19-6-9-3-2-4-10(5-9)14-13(18)15-8-20-7-11(15)12(16)17/h2-5,11H,6-8H2,1H3,(H,14,18)(H,16,17). The van der Waals surface area contributed by atoms with Gasteiger partial charge in [0.15, 0.2) is 0 Å². The van der Waals surface area contributed by atoms with Crippen LogP contribution in [0.2, 0.25) is 0 Å². The van der Waals surface area contributed by atoms with Crippen molar-refractivity contribution in [1.82, 2.24) is 4.90 Å². The van der Waals surface area contributed by atoms with Crippen LogP contribution in [0.4, 0.5) is 10.5 Å². The minimum absolute atomic E-state index is 0.389. The number of urea groups is 1. The summed E-state index contributed by atoms with van der Waals surface area (Å²) in [4.78, 5) is 24.5. The highest BCUT2D eigenvalue weighted by atomic mass is 32.2. The van der Waals surface area contributed by atoms with E-state index in [9.17, 15) is 9.59 Å². The lowest BCUT2D eigenvalue weighted by Crippen LogP contribution is -2.43. The first kappa shape index (κ1) is 14.7. The average molecular weight is 296 g/mol. The van der Waals surface area contributed by atoms with Crippen LogP contribution in [-0.4, -0.2) is 46.8 Å². The summed E-state index contributed by atoms with van der Waals surface area (Å²) in [5, 5.41) is 11.8. The molecule has 7 heteroatoms. The highest BCUT2D eigenvalue weighted by molar-refractivity contribution is 7.99. The van der Waals surface area contributed by atoms with Crippen molar-refractivity contribution >= 4 is 29.4 Å². The summed E-state index contributed by atoms with van der Waals surface area (Å²) >= 11 is 1.43. The molecular formula is C13H16N2O4S. The lowest BCUT2D eigenvalue weighted by atomic mass is 10.2. The number of methoxy groups -OCH3 is 1. The minimum Gasteiger partial charge on any atom is -0.480 e. The molecule has 2 rings (SSSR count). The number of nitrogens with one attached hydrogen (secondary N) is 1. The normalized spacial score (nSPS) is 18.1. The van der Waals surface area contributed by atoms with Crippen LogP contribution in [0.5, 0.6) is 0 Å². The maximum atomic E-state index is 12.1. The number of carbonyl (C=O) groups excluding carboxylic acids is 1. The molecule has 0 aliphatic carbocycles. The van der Waals surface area contributed by atoms with Crippen molar-refractivity contribution in [2.24, 2.45) is 0 Å². The van der Waals surface area contributed by atoms with E-state index in [1.807, 2.05) is 12.1 Å². The Morgan fingerprint density at radius 3 is 3.05 bits per heavy atom. The third-order valence-electron chi connectivity index (χ3n) is 2.92. The molecule has 108 valence electrons. The van der Waals surface area contributed by atoms with E-state index in [2.05, 4.69) is 5.32 Å². The topological polar surface area (TPSA) is 78.9 Å². The highest BCUT2D eigenvalue weighted by Gasteiger charge is 2.34. The Balaban J connectivity index is 2.04. The number of thioether (sulfide) groups is 1. The van der Waals surface area contributed by atoms with Crippen LogP contribution in [0, 0.1) is 0 Å². The molecule has 1 atom stereocenters. The Labute approximate surface area is 121 Å². The number of ether oxygens (including phenoxy) is 1. The third-order valence-corrected chi connectivity index (χ3v) is 3.93. The monoisotopic (exact) mass is 296 g/mol. The zero-order valence-corrected chi connectivity index (χ0v) is 11.9. The van der Waals surface area contributed by atoms with Crippen molar-refractivity contribution in [1.29, 1.82) is 0 Å². The van der Waals surface area contributed by atoms with Gasteiger partial charge in [-0.15, -0.1) is 11.8 Å². The van der Waals surface area contributed by atoms with Crippen LogP contribution in [-0.2, 0) is 16.1 Å². The first-order chi connectivity index (χ1) is 9.61. The molecule has 1 heterocycles. The van der Waals surface area contributed by atoms with E-state index in [4.69, 9.17) is 9.84 Å². The number of carboxylic acids is 1. The molecule has 0 bridgehead atoms. The Morgan fingerprint density at radius 2 is 2.35 bits per heavy atom. The lowest BCUT2D eigenvalue weighted by Gasteiger charge is -2.21. The molecule has 1 aliphatic heterocycles. The van der Waals surface area contributed by atoms with Crippen molar-refractivity contribution in [3.63, 3.8) is 0 Å². The molecule has 2 amide bonds. The molecular weight excluding hydrogens is 280 g/mol. The Kier molecular flexibility index (Phi) is 4.86. The van der Waals surface area contributed by atoms with E-state index in [0.717, 1.165) is 5.56 Å². The molecule has 2 N–H and O–H groups in total. The molecule has 1 unspecified atom stereocenters. The molecule has 0 saturated carbocycles. The Hall–Kier alpha value is -1.73. The number of nitrogens with zero attached hydrogens (tertiary/aromatic N) is 1. The number of carbonyl (C=O) groups is 2. The molecule has 1 fully saturated rings. The van der Waals surface area contributed by atoms with Crippen molar-refractivity contribution in [2.45, 2.75) is 12.6 Å². The van der Waals surface area contributed by atoms with E-state index in [0.29, 0.717) is 23.9 Å². The van der Waals surface area contributed by atoms with E-state index in [1.54, 1.807) is 19.2 Å². The zero-order valence-electron chi connectivity index (χ0n) is 11.0. The number of hydrogen-bond acceptors (Lipinski definition) is 4. The molecule has 1 aliphatic rings. The number of aliphatic carboxylic acids is 1. The molecule has 1 aromatic carbocycles. The lowest BCUT2D eigenvalue weighted by molar-refractivity contribution is -0.140. The molecule has 0 aromatic heterocycles. The quantitative estimate of drug-likeness (QED) is 0.886. The van der Waals surface area contributed by atoms with E-state index >= 15 is 0 Å². The van der Waals surface area contributed by atoms with Gasteiger partial charge in [-0.05, 0) is 17.7 Å². The van der Waals surface area contributed by atoms with E-state index in [1.165, 1.54) is 16.7 Å². The maximum absolute atomic E-state index is 12.1. The summed E-state index contributed by atoms with van der Waals surface area (Å²) in [5.41, 5.74) is 1.57. The first-order valence-corrected chi connectivity index (χ1v) is 7.23. The van der Waals surface area contributed by atoms with Crippen molar-refractivity contribution in [2.75, 3.05) is 24.1 Å². The van der Waals surface area contributed by atoms with Gasteiger partial charge in [-0.3, -0.25) is 0 Å². The number of carboxylic acid groups (broad SMARTS) is 1. The van der Waals surface area contributed by atoms with Gasteiger partial charge in [-0.25, -0.2) is 9.59 Å². The average Bonchev–Trinajstić information content (AvgIpc) is 2.89. The van der Waals surface area contributed by atoms with Crippen LogP contribution < -0.4 is 5.32 Å². The third kappa shape index (κ3) is 3.43. The van der Waals surface area contributed by atoms with Gasteiger partial charge in [0.2, 0.25) is 0 Å². The van der Waals surface area contributed by atoms with Gasteiger partial charge in [0.1, 0.15) is 6.04 Å². The SMILES string of the molecule is COCc1cccc(NC(=O)N2CSCC2C(=O)O)c1. The fourth-order valence-electron chi connectivity index (χ4n) is 1.95. The van der Waals surface area contributed by atoms with Gasteiger partial charge in [0.25, 0.3) is 0 Å². The maximum Gasteiger partial charge on any atom is 0.327 e. The van der Waals surface area contributed by atoms with Gasteiger partial charge in [-0.2, -0.15) is 0 Å². The Morgan fingerprint density at radius 1 is 1.55 bits per heavy atom. The van der Waals surface area contributed by atoms with Gasteiger partial charge in [-0.1, -0.05) is 12.1 Å². The van der Waals surface area contributed by atoms with Crippen LogP contribution in [0.25, 0.3) is 0 Å². The van der Waals surface area contributed by atoms with Crippen LogP contribution in [0.1, 0.15) is 5.56 Å². The van der Waals surface area contributed by atoms with Gasteiger partial charge in [0.05, 0.1) is 12.5 Å². The van der Waals surface area contributed by atoms with Crippen molar-refractivity contribution in [3.05, 3.63) is 29.8 Å². The summed E-state index contributed by atoms with van der Waals surface area (Å²) in [6.07, 6.45) is 0. The van der Waals surface area contributed by atoms with Crippen molar-refractivity contribution in [3.8, 4) is 0 Å². The van der Waals surface area contributed by atoms with Gasteiger partial charge < -0.3 is 20.1 Å². The Bertz CT molecular complexity index is 509. The number of benzene rings is 1. The first-order valence-electron chi connectivity index (χ1n) is 6.08. The second-order valence-electron chi connectivity index (χ2n) is 4.39. The molecule has 20 heavy (non-hydrogen) atoms. The second kappa shape index (κ2) is 6.62. The molecule has 1 aromatic rings. The smallest absolute Gasteiger partial charge is 0.327 e. The highest BCUT2D eigenvalue weighted by Crippen LogP contribution is 2.22. The van der Waals surface area contributed by atoms with Crippen LogP contribution in [0.15, 0.2) is 24.3 Å². The summed E-state index contributed by atoms with van der Waals surface area (Å²) in [5.74, 6) is -0.161. The van der Waals surface area contributed by atoms with Crippen molar-refractivity contribution < 1.29 is 19.4 Å². The predicted molar refractivity (Wildman–Crippen MR) is 76.8 cm³/mol. The molecule has 0 spiro atoms. The number of hydrogen-bond donors (Lipinski definition) is 2. The molecule has 0 radical (unpaired) electrons. The predicted octanol–water partition coefficient (Wildman–Crippen LogP) is 1.82. The van der Waals surface area contributed by atoms with Crippen LogP contribution >= 0.6 is 11.8 Å². The largest absolute Gasteiger partial charge is 0.480 e. The van der Waals surface area contributed by atoms with Gasteiger partial charge in [0, 0.05) is 18.6 Å². The zero-order chi connectivity index (χ0) is 14.5. The summed E-state index contributed by atoms with van der Waals surface area (Å²) in [6.45, 7) is 0.459. The number of amides is 2. The second-order valence-corrected chi connectivity index (χ2v) is 5.39. The number of anilines is 1. The molecule has 1 saturated heterocycles. The molecule has 6 nitrogen and oxygen atoms in total.